The van der Waals surface area contributed by atoms with E-state index in [0.29, 0.717) is 5.82 Å². The smallest absolute Gasteiger partial charge is 0.248 e. The maximum Gasteiger partial charge on any atom is 0.248 e. The van der Waals surface area contributed by atoms with Crippen LogP contribution in [0.3, 0.4) is 0 Å². The molecule has 1 unspecified atom stereocenters. The van der Waals surface area contributed by atoms with E-state index in [-0.39, 0.29) is 24.5 Å². The lowest BCUT2D eigenvalue weighted by Crippen LogP contribution is -2.19. The summed E-state index contributed by atoms with van der Waals surface area (Å²) in [4.78, 5) is 16.6. The second-order valence-electron chi connectivity index (χ2n) is 5.74. The third kappa shape index (κ3) is 3.07. The zero-order valence-electron chi connectivity index (χ0n) is 12.8. The van der Waals surface area contributed by atoms with Crippen molar-refractivity contribution in [2.75, 3.05) is 11.9 Å². The number of hydrogen-bond donors (Lipinski definition) is 2. The highest BCUT2D eigenvalue weighted by molar-refractivity contribution is 9.10. The Bertz CT molecular complexity index is 882. The molecule has 0 saturated carbocycles. The third-order valence-electron chi connectivity index (χ3n) is 4.04. The Morgan fingerprint density at radius 1 is 1.46 bits per heavy atom. The van der Waals surface area contributed by atoms with Crippen LogP contribution in [0, 0.1) is 0 Å². The van der Waals surface area contributed by atoms with Crippen LogP contribution in [0.1, 0.15) is 24.8 Å². The van der Waals surface area contributed by atoms with E-state index in [0.717, 1.165) is 34.8 Å². The molecule has 24 heavy (non-hydrogen) atoms. The molecule has 4 rings (SSSR count). The lowest BCUT2D eigenvalue weighted by atomic mass is 10.2. The largest absolute Gasteiger partial charge is 0.370 e. The number of hydrogen-bond acceptors (Lipinski definition) is 4. The average Bonchev–Trinajstić information content (AvgIpc) is 3.27. The van der Waals surface area contributed by atoms with Gasteiger partial charge in [0.15, 0.2) is 5.82 Å². The number of aromatic nitrogens is 4. The standard InChI is InChI=1S/C16H16BrN5O2/c17-11-3-4-12-10(8-11)5-6-22(12)9-14(23)18-16-19-15(20-21-16)13-2-1-7-24-13/h3-6,8,13H,1-2,7,9H2,(H2,18,19,20,21,23). The molecule has 1 aliphatic heterocycles. The van der Waals surface area contributed by atoms with Gasteiger partial charge in [0.2, 0.25) is 11.9 Å². The molecule has 0 spiro atoms. The number of aromatic amines is 1. The predicted molar refractivity (Wildman–Crippen MR) is 92.6 cm³/mol. The van der Waals surface area contributed by atoms with Gasteiger partial charge in [-0.2, -0.15) is 4.98 Å². The molecule has 1 aliphatic rings. The molecule has 0 radical (unpaired) electrons. The summed E-state index contributed by atoms with van der Waals surface area (Å²) < 4.78 is 8.45. The van der Waals surface area contributed by atoms with Crippen molar-refractivity contribution < 1.29 is 9.53 Å². The Kier molecular flexibility index (Phi) is 4.07. The first-order chi connectivity index (χ1) is 11.7. The Labute approximate surface area is 146 Å². The summed E-state index contributed by atoms with van der Waals surface area (Å²) in [7, 11) is 0. The maximum atomic E-state index is 12.3. The number of benzene rings is 1. The number of carbonyl (C=O) groups is 1. The number of nitrogens with one attached hydrogen (secondary N) is 2. The highest BCUT2D eigenvalue weighted by Crippen LogP contribution is 2.26. The first-order valence-corrected chi connectivity index (χ1v) is 8.56. The van der Waals surface area contributed by atoms with Gasteiger partial charge >= 0.3 is 0 Å². The molecule has 2 N–H and O–H groups in total. The number of anilines is 1. The zero-order chi connectivity index (χ0) is 16.5. The first-order valence-electron chi connectivity index (χ1n) is 7.77. The molecule has 3 heterocycles. The van der Waals surface area contributed by atoms with E-state index >= 15 is 0 Å². The molecule has 0 bridgehead atoms. The molecule has 7 nitrogen and oxygen atoms in total. The van der Waals surface area contributed by atoms with Crippen LogP contribution >= 0.6 is 15.9 Å². The van der Waals surface area contributed by atoms with E-state index in [1.165, 1.54) is 0 Å². The summed E-state index contributed by atoms with van der Waals surface area (Å²) in [5.74, 6) is 0.775. The van der Waals surface area contributed by atoms with Gasteiger partial charge in [-0.05, 0) is 37.1 Å². The Balaban J connectivity index is 1.44. The number of amides is 1. The van der Waals surface area contributed by atoms with E-state index in [1.807, 2.05) is 35.0 Å². The van der Waals surface area contributed by atoms with Crippen molar-refractivity contribution >= 4 is 38.7 Å². The van der Waals surface area contributed by atoms with E-state index in [4.69, 9.17) is 4.74 Å². The number of H-pyrrole nitrogens is 1. The van der Waals surface area contributed by atoms with Crippen LogP contribution in [0.25, 0.3) is 10.9 Å². The fourth-order valence-corrected chi connectivity index (χ4v) is 3.27. The number of nitrogens with zero attached hydrogens (tertiary/aromatic N) is 3. The van der Waals surface area contributed by atoms with Gasteiger partial charge in [-0.25, -0.2) is 0 Å². The Morgan fingerprint density at radius 2 is 2.38 bits per heavy atom. The molecular formula is C16H16BrN5O2. The SMILES string of the molecule is O=C(Cn1ccc2cc(Br)ccc21)Nc1n[nH]c(C2CCCO2)n1. The van der Waals surface area contributed by atoms with Crippen LogP contribution in [0.15, 0.2) is 34.9 Å². The molecule has 2 aromatic heterocycles. The molecule has 8 heteroatoms. The van der Waals surface area contributed by atoms with Crippen molar-refractivity contribution in [3.8, 4) is 0 Å². The topological polar surface area (TPSA) is 84.8 Å². The quantitative estimate of drug-likeness (QED) is 0.717. The third-order valence-corrected chi connectivity index (χ3v) is 4.53. The summed E-state index contributed by atoms with van der Waals surface area (Å²) in [5.41, 5.74) is 1.00. The van der Waals surface area contributed by atoms with Crippen LogP contribution in [0.4, 0.5) is 5.95 Å². The van der Waals surface area contributed by atoms with Crippen molar-refractivity contribution in [3.05, 3.63) is 40.8 Å². The molecule has 1 saturated heterocycles. The first kappa shape index (κ1) is 15.3. The van der Waals surface area contributed by atoms with Crippen molar-refractivity contribution in [1.82, 2.24) is 19.7 Å². The molecule has 3 aromatic rings. The van der Waals surface area contributed by atoms with Crippen LogP contribution in [0.5, 0.6) is 0 Å². The lowest BCUT2D eigenvalue weighted by molar-refractivity contribution is -0.116. The minimum Gasteiger partial charge on any atom is -0.370 e. The fraction of sp³-hybridized carbons (Fsp3) is 0.312. The minimum atomic E-state index is -0.173. The van der Waals surface area contributed by atoms with E-state index in [2.05, 4.69) is 36.4 Å². The number of ether oxygens (including phenoxy) is 1. The van der Waals surface area contributed by atoms with E-state index < -0.39 is 0 Å². The number of carbonyl (C=O) groups excluding carboxylic acids is 1. The summed E-state index contributed by atoms with van der Waals surface area (Å²) >= 11 is 3.45. The fourth-order valence-electron chi connectivity index (χ4n) is 2.90. The predicted octanol–water partition coefficient (Wildman–Crippen LogP) is 3.01. The number of fused-ring (bicyclic) bond motifs is 1. The van der Waals surface area contributed by atoms with Crippen LogP contribution in [-0.4, -0.2) is 32.3 Å². The van der Waals surface area contributed by atoms with Gasteiger partial charge in [0.25, 0.3) is 0 Å². The molecule has 1 amide bonds. The molecule has 124 valence electrons. The summed E-state index contributed by atoms with van der Waals surface area (Å²) in [6.45, 7) is 0.943. The van der Waals surface area contributed by atoms with Gasteiger partial charge in [0.1, 0.15) is 12.6 Å². The van der Waals surface area contributed by atoms with Crippen molar-refractivity contribution in [1.29, 1.82) is 0 Å². The molecule has 1 fully saturated rings. The second kappa shape index (κ2) is 6.37. The second-order valence-corrected chi connectivity index (χ2v) is 6.66. The molecule has 1 atom stereocenters. The van der Waals surface area contributed by atoms with Gasteiger partial charge in [-0.1, -0.05) is 15.9 Å². The van der Waals surface area contributed by atoms with Gasteiger partial charge in [-0.3, -0.25) is 15.2 Å². The van der Waals surface area contributed by atoms with E-state index in [1.54, 1.807) is 0 Å². The number of halogens is 1. The van der Waals surface area contributed by atoms with Crippen molar-refractivity contribution in [2.24, 2.45) is 0 Å². The lowest BCUT2D eigenvalue weighted by Gasteiger charge is -2.05. The van der Waals surface area contributed by atoms with Gasteiger partial charge < -0.3 is 9.30 Å². The maximum absolute atomic E-state index is 12.3. The van der Waals surface area contributed by atoms with Crippen molar-refractivity contribution in [2.45, 2.75) is 25.5 Å². The van der Waals surface area contributed by atoms with Gasteiger partial charge in [-0.15, -0.1) is 5.10 Å². The summed E-state index contributed by atoms with van der Waals surface area (Å²) in [6.07, 6.45) is 3.79. The average molecular weight is 390 g/mol. The number of rotatable bonds is 4. The summed E-state index contributed by atoms with van der Waals surface area (Å²) in [6, 6.07) is 7.94. The van der Waals surface area contributed by atoms with E-state index in [9.17, 15) is 4.79 Å². The Morgan fingerprint density at radius 3 is 3.21 bits per heavy atom. The monoisotopic (exact) mass is 389 g/mol. The van der Waals surface area contributed by atoms with Crippen molar-refractivity contribution in [3.63, 3.8) is 0 Å². The summed E-state index contributed by atoms with van der Waals surface area (Å²) in [5, 5.41) is 10.7. The highest BCUT2D eigenvalue weighted by Gasteiger charge is 2.21. The van der Waals surface area contributed by atoms with Gasteiger partial charge in [0.05, 0.1) is 0 Å². The minimum absolute atomic E-state index is 0.0463. The molecular weight excluding hydrogens is 374 g/mol. The normalized spacial score (nSPS) is 17.5. The van der Waals surface area contributed by atoms with Crippen LogP contribution in [-0.2, 0) is 16.1 Å². The van der Waals surface area contributed by atoms with Crippen LogP contribution in [0.2, 0.25) is 0 Å². The molecule has 1 aromatic carbocycles. The Hall–Kier alpha value is -2.19. The zero-order valence-corrected chi connectivity index (χ0v) is 14.4. The molecule has 0 aliphatic carbocycles. The van der Waals surface area contributed by atoms with Crippen LogP contribution < -0.4 is 5.32 Å². The van der Waals surface area contributed by atoms with Gasteiger partial charge in [0, 0.05) is 28.2 Å². The highest BCUT2D eigenvalue weighted by atomic mass is 79.9.